The number of hydrogen-bond donors (Lipinski definition) is 1. The number of Topliss-reactive ketones (excluding diaryl/α,β-unsaturated/α-hetero) is 1. The zero-order valence-electron chi connectivity index (χ0n) is 11.0. The van der Waals surface area contributed by atoms with Gasteiger partial charge in [0.2, 0.25) is 0 Å². The highest BCUT2D eigenvalue weighted by Gasteiger charge is 2.19. The summed E-state index contributed by atoms with van der Waals surface area (Å²) in [5, 5.41) is 0. The fourth-order valence-corrected chi connectivity index (χ4v) is 1.70. The second-order valence-corrected chi connectivity index (χ2v) is 4.51. The van der Waals surface area contributed by atoms with Crippen LogP contribution in [-0.2, 0) is 6.42 Å². The zero-order valence-corrected chi connectivity index (χ0v) is 11.0. The highest BCUT2D eigenvalue weighted by Crippen LogP contribution is 2.21. The molecule has 0 amide bonds. The standard InChI is InChI=1S/C14H21NO2/c1-5-10-8-11(6-7-12(10)17-4)14(16)13(15)9(2)3/h6-9,13H,5,15H2,1-4H3. The number of methoxy groups -OCH3 is 1. The Morgan fingerprint density at radius 2 is 2.06 bits per heavy atom. The van der Waals surface area contributed by atoms with Crippen molar-refractivity contribution in [2.75, 3.05) is 7.11 Å². The van der Waals surface area contributed by atoms with Crippen LogP contribution < -0.4 is 10.5 Å². The highest BCUT2D eigenvalue weighted by atomic mass is 16.5. The summed E-state index contributed by atoms with van der Waals surface area (Å²) in [6.45, 7) is 5.94. The van der Waals surface area contributed by atoms with Crippen LogP contribution in [0.3, 0.4) is 0 Å². The second kappa shape index (κ2) is 5.82. The minimum Gasteiger partial charge on any atom is -0.496 e. The molecule has 17 heavy (non-hydrogen) atoms. The van der Waals surface area contributed by atoms with Crippen LogP contribution in [0.4, 0.5) is 0 Å². The summed E-state index contributed by atoms with van der Waals surface area (Å²) in [6.07, 6.45) is 0.835. The molecule has 0 radical (unpaired) electrons. The maximum atomic E-state index is 12.1. The number of ether oxygens (including phenoxy) is 1. The fourth-order valence-electron chi connectivity index (χ4n) is 1.70. The Bertz CT molecular complexity index is 399. The fraction of sp³-hybridized carbons (Fsp3) is 0.500. The normalized spacial score (nSPS) is 12.6. The van der Waals surface area contributed by atoms with Crippen LogP contribution >= 0.6 is 0 Å². The van der Waals surface area contributed by atoms with E-state index < -0.39 is 6.04 Å². The number of carbonyl (C=O) groups is 1. The van der Waals surface area contributed by atoms with Gasteiger partial charge in [0.1, 0.15) is 5.75 Å². The average molecular weight is 235 g/mol. The molecule has 0 heterocycles. The van der Waals surface area contributed by atoms with Crippen LogP contribution in [0.25, 0.3) is 0 Å². The van der Waals surface area contributed by atoms with Crippen LogP contribution in [-0.4, -0.2) is 18.9 Å². The summed E-state index contributed by atoms with van der Waals surface area (Å²) in [6, 6.07) is 5.05. The van der Waals surface area contributed by atoms with Gasteiger partial charge in [-0.15, -0.1) is 0 Å². The molecule has 3 heteroatoms. The lowest BCUT2D eigenvalue weighted by molar-refractivity contribution is 0.0940. The molecule has 0 spiro atoms. The van der Waals surface area contributed by atoms with E-state index in [1.807, 2.05) is 32.9 Å². The average Bonchev–Trinajstić information content (AvgIpc) is 2.35. The molecule has 0 aliphatic heterocycles. The maximum Gasteiger partial charge on any atom is 0.179 e. The molecular formula is C14H21NO2. The minimum atomic E-state index is -0.437. The van der Waals surface area contributed by atoms with Crippen LogP contribution in [0, 0.1) is 5.92 Å². The molecule has 0 aromatic heterocycles. The van der Waals surface area contributed by atoms with Crippen LogP contribution in [0.15, 0.2) is 18.2 Å². The van der Waals surface area contributed by atoms with Gasteiger partial charge < -0.3 is 10.5 Å². The molecule has 1 rings (SSSR count). The van der Waals surface area contributed by atoms with Gasteiger partial charge in [0.25, 0.3) is 0 Å². The predicted octanol–water partition coefficient (Wildman–Crippen LogP) is 2.42. The molecule has 0 saturated heterocycles. The molecule has 1 unspecified atom stereocenters. The Balaban J connectivity index is 3.03. The molecule has 1 atom stereocenters. The molecule has 1 aromatic rings. The van der Waals surface area contributed by atoms with Crippen molar-refractivity contribution in [3.05, 3.63) is 29.3 Å². The summed E-state index contributed by atoms with van der Waals surface area (Å²) < 4.78 is 5.24. The van der Waals surface area contributed by atoms with E-state index in [4.69, 9.17) is 10.5 Å². The number of hydrogen-bond acceptors (Lipinski definition) is 3. The number of carbonyl (C=O) groups excluding carboxylic acids is 1. The first kappa shape index (κ1) is 13.7. The SMILES string of the molecule is CCc1cc(C(=O)C(N)C(C)C)ccc1OC. The van der Waals surface area contributed by atoms with E-state index in [1.165, 1.54) is 0 Å². The minimum absolute atomic E-state index is 0.00245. The largest absolute Gasteiger partial charge is 0.496 e. The number of ketones is 1. The molecule has 0 aliphatic rings. The van der Waals surface area contributed by atoms with Crippen LogP contribution in [0.1, 0.15) is 36.7 Å². The molecule has 1 aromatic carbocycles. The second-order valence-electron chi connectivity index (χ2n) is 4.51. The third-order valence-corrected chi connectivity index (χ3v) is 2.97. The molecule has 0 bridgehead atoms. The van der Waals surface area contributed by atoms with E-state index in [0.29, 0.717) is 5.56 Å². The van der Waals surface area contributed by atoms with Gasteiger partial charge >= 0.3 is 0 Å². The third-order valence-electron chi connectivity index (χ3n) is 2.97. The quantitative estimate of drug-likeness (QED) is 0.797. The number of rotatable bonds is 5. The van der Waals surface area contributed by atoms with Gasteiger partial charge in [-0.1, -0.05) is 20.8 Å². The van der Waals surface area contributed by atoms with Crippen molar-refractivity contribution in [2.45, 2.75) is 33.2 Å². The summed E-state index contributed by atoms with van der Waals surface area (Å²) in [7, 11) is 1.63. The Morgan fingerprint density at radius 3 is 2.53 bits per heavy atom. The maximum absolute atomic E-state index is 12.1. The molecule has 2 N–H and O–H groups in total. The van der Waals surface area contributed by atoms with Gasteiger partial charge in [0, 0.05) is 5.56 Å². The van der Waals surface area contributed by atoms with E-state index >= 15 is 0 Å². The molecule has 0 aliphatic carbocycles. The Kier molecular flexibility index (Phi) is 4.70. The first-order valence-electron chi connectivity index (χ1n) is 5.98. The number of nitrogens with two attached hydrogens (primary N) is 1. The van der Waals surface area contributed by atoms with Crippen LogP contribution in [0.2, 0.25) is 0 Å². The monoisotopic (exact) mass is 235 g/mol. The van der Waals surface area contributed by atoms with Crippen molar-refractivity contribution in [3.63, 3.8) is 0 Å². The topological polar surface area (TPSA) is 52.3 Å². The first-order valence-corrected chi connectivity index (χ1v) is 5.98. The lowest BCUT2D eigenvalue weighted by atomic mass is 9.94. The Labute approximate surface area is 103 Å². The molecule has 3 nitrogen and oxygen atoms in total. The van der Waals surface area contributed by atoms with E-state index in [1.54, 1.807) is 13.2 Å². The molecule has 94 valence electrons. The lowest BCUT2D eigenvalue weighted by Crippen LogP contribution is -2.35. The van der Waals surface area contributed by atoms with Gasteiger partial charge in [-0.3, -0.25) is 4.79 Å². The molecule has 0 saturated carbocycles. The highest BCUT2D eigenvalue weighted by molar-refractivity contribution is 6.00. The van der Waals surface area contributed by atoms with Crippen molar-refractivity contribution in [2.24, 2.45) is 11.7 Å². The van der Waals surface area contributed by atoms with Crippen molar-refractivity contribution < 1.29 is 9.53 Å². The van der Waals surface area contributed by atoms with Crippen molar-refractivity contribution in [1.29, 1.82) is 0 Å². The van der Waals surface area contributed by atoms with Gasteiger partial charge in [-0.25, -0.2) is 0 Å². The Morgan fingerprint density at radius 1 is 1.41 bits per heavy atom. The Hall–Kier alpha value is -1.35. The summed E-state index contributed by atoms with van der Waals surface area (Å²) in [5.41, 5.74) is 7.58. The molecular weight excluding hydrogens is 214 g/mol. The summed E-state index contributed by atoms with van der Waals surface area (Å²) in [5.74, 6) is 0.967. The summed E-state index contributed by atoms with van der Waals surface area (Å²) in [4.78, 5) is 12.1. The third kappa shape index (κ3) is 3.07. The van der Waals surface area contributed by atoms with Gasteiger partial charge in [0.15, 0.2) is 5.78 Å². The zero-order chi connectivity index (χ0) is 13.0. The number of aryl methyl sites for hydroxylation is 1. The van der Waals surface area contributed by atoms with E-state index in [0.717, 1.165) is 17.7 Å². The summed E-state index contributed by atoms with van der Waals surface area (Å²) >= 11 is 0. The van der Waals surface area contributed by atoms with Crippen LogP contribution in [0.5, 0.6) is 5.75 Å². The van der Waals surface area contributed by atoms with Crippen molar-refractivity contribution in [3.8, 4) is 5.75 Å². The first-order chi connectivity index (χ1) is 8.01. The number of benzene rings is 1. The van der Waals surface area contributed by atoms with E-state index in [9.17, 15) is 4.79 Å². The molecule has 0 fully saturated rings. The van der Waals surface area contributed by atoms with Gasteiger partial charge in [-0.05, 0) is 36.1 Å². The smallest absolute Gasteiger partial charge is 0.179 e. The van der Waals surface area contributed by atoms with E-state index in [2.05, 4.69) is 0 Å². The predicted molar refractivity (Wildman–Crippen MR) is 69.5 cm³/mol. The van der Waals surface area contributed by atoms with Crippen molar-refractivity contribution >= 4 is 5.78 Å². The van der Waals surface area contributed by atoms with Gasteiger partial charge in [-0.2, -0.15) is 0 Å². The van der Waals surface area contributed by atoms with E-state index in [-0.39, 0.29) is 11.7 Å². The van der Waals surface area contributed by atoms with Gasteiger partial charge in [0.05, 0.1) is 13.2 Å². The lowest BCUT2D eigenvalue weighted by Gasteiger charge is -2.15. The van der Waals surface area contributed by atoms with Crippen molar-refractivity contribution in [1.82, 2.24) is 0 Å².